The van der Waals surface area contributed by atoms with Crippen LogP contribution in [0.5, 0.6) is 0 Å². The minimum atomic E-state index is 0.396. The van der Waals surface area contributed by atoms with Crippen LogP contribution in [-0.2, 0) is 0 Å². The smallest absolute Gasteiger partial charge is 0.129 e. The van der Waals surface area contributed by atoms with Crippen LogP contribution in [0.1, 0.15) is 51.1 Å². The minimum absolute atomic E-state index is 0.396. The molecule has 1 aromatic heterocycles. The van der Waals surface area contributed by atoms with Crippen LogP contribution in [0.2, 0.25) is 0 Å². The highest BCUT2D eigenvalue weighted by Crippen LogP contribution is 2.27. The van der Waals surface area contributed by atoms with Crippen molar-refractivity contribution in [1.82, 2.24) is 9.97 Å². The van der Waals surface area contributed by atoms with Gasteiger partial charge < -0.3 is 5.32 Å². The van der Waals surface area contributed by atoms with Crippen molar-refractivity contribution in [1.29, 1.82) is 0 Å². The highest BCUT2D eigenvalue weighted by atomic mass is 35.5. The van der Waals surface area contributed by atoms with Gasteiger partial charge >= 0.3 is 0 Å². The Kier molecular flexibility index (Phi) is 4.81. The summed E-state index contributed by atoms with van der Waals surface area (Å²) >= 11 is 6.11. The van der Waals surface area contributed by atoms with Gasteiger partial charge in [0.25, 0.3) is 0 Å². The standard InChI is InChI=1S/C14H22ClN3/c1-10(2)13-7-14(18-9-17-13)16-8-11-3-5-12(15)6-4-11/h7,9-12H,3-6,8H2,1-2H3,(H,16,17,18). The molecule has 0 unspecified atom stereocenters. The van der Waals surface area contributed by atoms with E-state index in [1.165, 1.54) is 12.8 Å². The van der Waals surface area contributed by atoms with Crippen LogP contribution in [0.4, 0.5) is 5.82 Å². The second-order valence-electron chi connectivity index (χ2n) is 5.48. The summed E-state index contributed by atoms with van der Waals surface area (Å²) in [6.45, 7) is 5.29. The van der Waals surface area contributed by atoms with Gasteiger partial charge in [0.05, 0.1) is 0 Å². The Morgan fingerprint density at radius 1 is 1.28 bits per heavy atom. The maximum Gasteiger partial charge on any atom is 0.129 e. The van der Waals surface area contributed by atoms with Gasteiger partial charge in [-0.2, -0.15) is 0 Å². The van der Waals surface area contributed by atoms with E-state index in [0.29, 0.717) is 11.3 Å². The van der Waals surface area contributed by atoms with Gasteiger partial charge in [0.1, 0.15) is 12.1 Å². The molecule has 1 heterocycles. The molecule has 1 aliphatic carbocycles. The van der Waals surface area contributed by atoms with E-state index in [2.05, 4.69) is 35.2 Å². The Hall–Kier alpha value is -0.830. The summed E-state index contributed by atoms with van der Waals surface area (Å²) in [4.78, 5) is 8.55. The third-order valence-corrected chi connectivity index (χ3v) is 4.06. The zero-order valence-electron chi connectivity index (χ0n) is 11.2. The Morgan fingerprint density at radius 3 is 2.67 bits per heavy atom. The van der Waals surface area contributed by atoms with E-state index in [4.69, 9.17) is 11.6 Å². The molecule has 0 saturated heterocycles. The summed E-state index contributed by atoms with van der Waals surface area (Å²) < 4.78 is 0. The summed E-state index contributed by atoms with van der Waals surface area (Å²) in [6.07, 6.45) is 6.39. The van der Waals surface area contributed by atoms with Crippen LogP contribution in [0.25, 0.3) is 0 Å². The van der Waals surface area contributed by atoms with Crippen molar-refractivity contribution in [3.05, 3.63) is 18.1 Å². The Morgan fingerprint density at radius 2 is 2.00 bits per heavy atom. The molecular weight excluding hydrogens is 246 g/mol. The number of nitrogens with zero attached hydrogens (tertiary/aromatic N) is 2. The number of anilines is 1. The van der Waals surface area contributed by atoms with Crippen molar-refractivity contribution < 1.29 is 0 Å². The third-order valence-electron chi connectivity index (χ3n) is 3.63. The molecule has 3 nitrogen and oxygen atoms in total. The molecular formula is C14H22ClN3. The largest absolute Gasteiger partial charge is 0.370 e. The summed E-state index contributed by atoms with van der Waals surface area (Å²) in [5.41, 5.74) is 1.09. The quantitative estimate of drug-likeness (QED) is 0.843. The first-order chi connectivity index (χ1) is 8.65. The van der Waals surface area contributed by atoms with E-state index in [0.717, 1.165) is 36.8 Å². The normalized spacial score (nSPS) is 24.2. The van der Waals surface area contributed by atoms with Crippen LogP contribution in [0.3, 0.4) is 0 Å². The van der Waals surface area contributed by atoms with Crippen molar-refractivity contribution in [2.24, 2.45) is 5.92 Å². The lowest BCUT2D eigenvalue weighted by atomic mass is 9.89. The number of hydrogen-bond acceptors (Lipinski definition) is 3. The third kappa shape index (κ3) is 3.84. The van der Waals surface area contributed by atoms with Crippen molar-refractivity contribution in [2.75, 3.05) is 11.9 Å². The highest BCUT2D eigenvalue weighted by molar-refractivity contribution is 6.20. The van der Waals surface area contributed by atoms with E-state index >= 15 is 0 Å². The fourth-order valence-corrected chi connectivity index (χ4v) is 2.61. The van der Waals surface area contributed by atoms with Gasteiger partial charge in [-0.1, -0.05) is 13.8 Å². The Balaban J connectivity index is 1.84. The van der Waals surface area contributed by atoms with E-state index in [-0.39, 0.29) is 0 Å². The van der Waals surface area contributed by atoms with E-state index in [1.54, 1.807) is 6.33 Å². The van der Waals surface area contributed by atoms with E-state index in [1.807, 2.05) is 0 Å². The van der Waals surface area contributed by atoms with Crippen LogP contribution in [0, 0.1) is 5.92 Å². The first kappa shape index (κ1) is 13.6. The number of nitrogens with one attached hydrogen (secondary N) is 1. The van der Waals surface area contributed by atoms with Gasteiger partial charge in [-0.05, 0) is 37.5 Å². The van der Waals surface area contributed by atoms with Gasteiger partial charge in [0, 0.05) is 23.7 Å². The van der Waals surface area contributed by atoms with Gasteiger partial charge in [0.2, 0.25) is 0 Å². The molecule has 0 aromatic carbocycles. The second-order valence-corrected chi connectivity index (χ2v) is 6.10. The number of aromatic nitrogens is 2. The zero-order chi connectivity index (χ0) is 13.0. The zero-order valence-corrected chi connectivity index (χ0v) is 12.0. The molecule has 1 N–H and O–H groups in total. The molecule has 0 amide bonds. The molecule has 0 spiro atoms. The van der Waals surface area contributed by atoms with Crippen molar-refractivity contribution in [3.8, 4) is 0 Å². The lowest BCUT2D eigenvalue weighted by Gasteiger charge is -2.25. The van der Waals surface area contributed by atoms with Gasteiger partial charge in [-0.25, -0.2) is 9.97 Å². The molecule has 0 bridgehead atoms. The first-order valence-corrected chi connectivity index (χ1v) is 7.28. The molecule has 1 saturated carbocycles. The summed E-state index contributed by atoms with van der Waals surface area (Å²) in [5.74, 6) is 2.12. The molecule has 1 fully saturated rings. The number of hydrogen-bond donors (Lipinski definition) is 1. The fourth-order valence-electron chi connectivity index (χ4n) is 2.36. The minimum Gasteiger partial charge on any atom is -0.370 e. The molecule has 0 aliphatic heterocycles. The van der Waals surface area contributed by atoms with E-state index in [9.17, 15) is 0 Å². The maximum atomic E-state index is 6.11. The van der Waals surface area contributed by atoms with Gasteiger partial charge in [-0.15, -0.1) is 11.6 Å². The Labute approximate surface area is 114 Å². The highest BCUT2D eigenvalue weighted by Gasteiger charge is 2.19. The maximum absolute atomic E-state index is 6.11. The fraction of sp³-hybridized carbons (Fsp3) is 0.714. The van der Waals surface area contributed by atoms with Crippen LogP contribution in [-0.4, -0.2) is 21.9 Å². The average molecular weight is 268 g/mol. The SMILES string of the molecule is CC(C)c1cc(NCC2CCC(Cl)CC2)ncn1. The molecule has 4 heteroatoms. The summed E-state index contributed by atoms with van der Waals surface area (Å²) in [7, 11) is 0. The molecule has 100 valence electrons. The number of halogens is 1. The second kappa shape index (κ2) is 6.37. The average Bonchev–Trinajstić information content (AvgIpc) is 2.38. The lowest BCUT2D eigenvalue weighted by Crippen LogP contribution is -2.21. The first-order valence-electron chi connectivity index (χ1n) is 6.85. The monoisotopic (exact) mass is 267 g/mol. The number of rotatable bonds is 4. The lowest BCUT2D eigenvalue weighted by molar-refractivity contribution is 0.377. The summed E-state index contributed by atoms with van der Waals surface area (Å²) in [6, 6.07) is 2.05. The van der Waals surface area contributed by atoms with Gasteiger partial charge in [0.15, 0.2) is 0 Å². The molecule has 2 rings (SSSR count). The molecule has 0 atom stereocenters. The topological polar surface area (TPSA) is 37.8 Å². The predicted molar refractivity (Wildman–Crippen MR) is 76.2 cm³/mol. The predicted octanol–water partition coefficient (Wildman–Crippen LogP) is 3.81. The Bertz CT molecular complexity index is 373. The van der Waals surface area contributed by atoms with Crippen LogP contribution in [0.15, 0.2) is 12.4 Å². The van der Waals surface area contributed by atoms with Crippen LogP contribution < -0.4 is 5.32 Å². The van der Waals surface area contributed by atoms with Crippen LogP contribution >= 0.6 is 11.6 Å². The molecule has 1 aliphatic rings. The van der Waals surface area contributed by atoms with Crippen molar-refractivity contribution >= 4 is 17.4 Å². The van der Waals surface area contributed by atoms with E-state index < -0.39 is 0 Å². The molecule has 0 radical (unpaired) electrons. The van der Waals surface area contributed by atoms with Crippen molar-refractivity contribution in [2.45, 2.75) is 50.8 Å². The van der Waals surface area contributed by atoms with Crippen molar-refractivity contribution in [3.63, 3.8) is 0 Å². The summed E-state index contributed by atoms with van der Waals surface area (Å²) in [5, 5.41) is 3.83. The molecule has 18 heavy (non-hydrogen) atoms. The number of alkyl halides is 1. The van der Waals surface area contributed by atoms with Gasteiger partial charge in [-0.3, -0.25) is 0 Å². The molecule has 1 aromatic rings.